The molecule has 3 N–H and O–H groups in total. The SMILES string of the molecule is C[Si]1(C)CC(N)C(O)C1. The molecule has 2 unspecified atom stereocenters. The summed E-state index contributed by atoms with van der Waals surface area (Å²) < 4.78 is 0. The Bertz CT molecular complexity index is 104. The monoisotopic (exact) mass is 145 g/mol. The first-order valence-electron chi connectivity index (χ1n) is 3.45. The van der Waals surface area contributed by atoms with Crippen molar-refractivity contribution in [1.82, 2.24) is 0 Å². The Kier molecular flexibility index (Phi) is 1.67. The predicted octanol–water partition coefficient (Wildman–Crippen LogP) is 0.397. The van der Waals surface area contributed by atoms with Crippen molar-refractivity contribution in [2.75, 3.05) is 0 Å². The molecule has 3 heteroatoms. The Hall–Kier alpha value is 0.137. The molecule has 0 aromatic rings. The van der Waals surface area contributed by atoms with Crippen molar-refractivity contribution < 1.29 is 5.11 Å². The highest BCUT2D eigenvalue weighted by Crippen LogP contribution is 2.28. The maximum Gasteiger partial charge on any atom is 0.0665 e. The zero-order valence-electron chi connectivity index (χ0n) is 6.09. The van der Waals surface area contributed by atoms with Crippen LogP contribution in [0.2, 0.25) is 25.2 Å². The molecule has 1 saturated heterocycles. The molecule has 0 bridgehead atoms. The lowest BCUT2D eigenvalue weighted by atomic mass is 10.2. The molecule has 0 radical (unpaired) electrons. The van der Waals surface area contributed by atoms with Crippen molar-refractivity contribution in [3.63, 3.8) is 0 Å². The molecule has 1 aliphatic rings. The van der Waals surface area contributed by atoms with E-state index in [0.29, 0.717) is 0 Å². The van der Waals surface area contributed by atoms with Crippen LogP contribution in [0.5, 0.6) is 0 Å². The van der Waals surface area contributed by atoms with E-state index in [1.54, 1.807) is 0 Å². The lowest BCUT2D eigenvalue weighted by Crippen LogP contribution is -2.28. The Morgan fingerprint density at radius 3 is 2.11 bits per heavy atom. The van der Waals surface area contributed by atoms with E-state index in [0.717, 1.165) is 12.1 Å². The van der Waals surface area contributed by atoms with Gasteiger partial charge >= 0.3 is 0 Å². The Morgan fingerprint density at radius 1 is 1.44 bits per heavy atom. The summed E-state index contributed by atoms with van der Waals surface area (Å²) in [6.45, 7) is 4.56. The highest BCUT2D eigenvalue weighted by molar-refractivity contribution is 6.78. The summed E-state index contributed by atoms with van der Waals surface area (Å²) >= 11 is 0. The van der Waals surface area contributed by atoms with Crippen LogP contribution in [-0.4, -0.2) is 25.3 Å². The number of aliphatic hydroxyl groups excluding tert-OH is 1. The van der Waals surface area contributed by atoms with Crippen molar-refractivity contribution in [2.45, 2.75) is 37.3 Å². The summed E-state index contributed by atoms with van der Waals surface area (Å²) in [4.78, 5) is 0. The molecule has 0 saturated carbocycles. The van der Waals surface area contributed by atoms with E-state index in [-0.39, 0.29) is 12.1 Å². The van der Waals surface area contributed by atoms with Gasteiger partial charge in [0.25, 0.3) is 0 Å². The standard InChI is InChI=1S/C6H15NOSi/c1-9(2)3-5(7)6(8)4-9/h5-6,8H,3-4,7H2,1-2H3. The summed E-state index contributed by atoms with van der Waals surface area (Å²) in [5, 5.41) is 9.24. The third-order valence-electron chi connectivity index (χ3n) is 2.04. The second kappa shape index (κ2) is 2.07. The number of hydrogen-bond acceptors (Lipinski definition) is 2. The smallest absolute Gasteiger partial charge is 0.0665 e. The average molecular weight is 145 g/mol. The van der Waals surface area contributed by atoms with Crippen LogP contribution in [-0.2, 0) is 0 Å². The summed E-state index contributed by atoms with van der Waals surface area (Å²) in [7, 11) is -1.04. The quantitative estimate of drug-likeness (QED) is 0.485. The number of nitrogens with two attached hydrogens (primary N) is 1. The van der Waals surface area contributed by atoms with Gasteiger partial charge in [-0.1, -0.05) is 13.1 Å². The first-order valence-corrected chi connectivity index (χ1v) is 6.86. The Morgan fingerprint density at radius 2 is 2.00 bits per heavy atom. The van der Waals surface area contributed by atoms with E-state index in [1.165, 1.54) is 0 Å². The second-order valence-corrected chi connectivity index (χ2v) is 8.95. The molecule has 0 amide bonds. The summed E-state index contributed by atoms with van der Waals surface area (Å²) in [5.74, 6) is 0. The number of rotatable bonds is 0. The molecule has 1 aliphatic heterocycles. The van der Waals surface area contributed by atoms with Crippen LogP contribution >= 0.6 is 0 Å². The molecule has 1 heterocycles. The first kappa shape index (κ1) is 7.25. The average Bonchev–Trinajstić information content (AvgIpc) is 1.79. The van der Waals surface area contributed by atoms with Crippen LogP contribution < -0.4 is 5.73 Å². The Labute approximate surface area is 57.1 Å². The minimum absolute atomic E-state index is 0.0756. The Balaban J connectivity index is 2.54. The molecule has 1 rings (SSSR count). The van der Waals surface area contributed by atoms with Crippen molar-refractivity contribution in [3.8, 4) is 0 Å². The summed E-state index contributed by atoms with van der Waals surface area (Å²) in [5.41, 5.74) is 5.64. The lowest BCUT2D eigenvalue weighted by Gasteiger charge is -2.11. The fourth-order valence-corrected chi connectivity index (χ4v) is 4.72. The van der Waals surface area contributed by atoms with E-state index in [4.69, 9.17) is 5.73 Å². The molecule has 0 spiro atoms. The molecule has 2 nitrogen and oxygen atoms in total. The van der Waals surface area contributed by atoms with Gasteiger partial charge < -0.3 is 10.8 Å². The topological polar surface area (TPSA) is 46.2 Å². The van der Waals surface area contributed by atoms with E-state index in [1.807, 2.05) is 0 Å². The largest absolute Gasteiger partial charge is 0.392 e. The lowest BCUT2D eigenvalue weighted by molar-refractivity contribution is 0.180. The van der Waals surface area contributed by atoms with Gasteiger partial charge in [-0.2, -0.15) is 0 Å². The van der Waals surface area contributed by atoms with Crippen LogP contribution in [0.3, 0.4) is 0 Å². The van der Waals surface area contributed by atoms with E-state index >= 15 is 0 Å². The van der Waals surface area contributed by atoms with Crippen LogP contribution in [0.4, 0.5) is 0 Å². The minimum Gasteiger partial charge on any atom is -0.392 e. The highest BCUT2D eigenvalue weighted by Gasteiger charge is 2.37. The predicted molar refractivity (Wildman–Crippen MR) is 41.1 cm³/mol. The normalized spacial score (nSPS) is 41.3. The van der Waals surface area contributed by atoms with Gasteiger partial charge in [0, 0.05) is 6.04 Å². The van der Waals surface area contributed by atoms with Gasteiger partial charge in [0.15, 0.2) is 0 Å². The van der Waals surface area contributed by atoms with Gasteiger partial charge in [0.05, 0.1) is 14.2 Å². The van der Waals surface area contributed by atoms with Crippen LogP contribution in [0.25, 0.3) is 0 Å². The fraction of sp³-hybridized carbons (Fsp3) is 1.00. The van der Waals surface area contributed by atoms with Gasteiger partial charge in [-0.05, 0) is 12.1 Å². The summed E-state index contributed by atoms with van der Waals surface area (Å²) in [6, 6.07) is 2.16. The van der Waals surface area contributed by atoms with E-state index < -0.39 is 8.07 Å². The van der Waals surface area contributed by atoms with Gasteiger partial charge in [-0.15, -0.1) is 0 Å². The maximum atomic E-state index is 9.24. The van der Waals surface area contributed by atoms with Gasteiger partial charge in [0.1, 0.15) is 0 Å². The molecule has 0 aromatic carbocycles. The first-order chi connectivity index (χ1) is 4.01. The van der Waals surface area contributed by atoms with Gasteiger partial charge in [-0.25, -0.2) is 0 Å². The second-order valence-electron chi connectivity index (χ2n) is 3.80. The molecular weight excluding hydrogens is 130 g/mol. The highest BCUT2D eigenvalue weighted by atomic mass is 28.3. The van der Waals surface area contributed by atoms with Crippen molar-refractivity contribution in [2.24, 2.45) is 5.73 Å². The fourth-order valence-electron chi connectivity index (χ4n) is 1.57. The third kappa shape index (κ3) is 1.53. The summed E-state index contributed by atoms with van der Waals surface area (Å²) in [6.07, 6.45) is -0.202. The van der Waals surface area contributed by atoms with Crippen molar-refractivity contribution in [3.05, 3.63) is 0 Å². The van der Waals surface area contributed by atoms with Crippen LogP contribution in [0, 0.1) is 0 Å². The molecule has 9 heavy (non-hydrogen) atoms. The van der Waals surface area contributed by atoms with Gasteiger partial charge in [0.2, 0.25) is 0 Å². The molecule has 54 valence electrons. The zero-order valence-corrected chi connectivity index (χ0v) is 7.09. The van der Waals surface area contributed by atoms with Crippen molar-refractivity contribution in [1.29, 1.82) is 0 Å². The number of hydrogen-bond donors (Lipinski definition) is 2. The molecular formula is C6H15NOSi. The third-order valence-corrected chi connectivity index (χ3v) is 5.14. The van der Waals surface area contributed by atoms with Crippen LogP contribution in [0.1, 0.15) is 0 Å². The van der Waals surface area contributed by atoms with E-state index in [2.05, 4.69) is 13.1 Å². The zero-order chi connectivity index (χ0) is 7.07. The minimum atomic E-state index is -1.04. The molecule has 0 aliphatic carbocycles. The molecule has 0 aromatic heterocycles. The van der Waals surface area contributed by atoms with Crippen molar-refractivity contribution >= 4 is 8.07 Å². The molecule has 2 atom stereocenters. The maximum absolute atomic E-state index is 9.24. The van der Waals surface area contributed by atoms with Crippen LogP contribution in [0.15, 0.2) is 0 Å². The number of aliphatic hydroxyl groups is 1. The van der Waals surface area contributed by atoms with Gasteiger partial charge in [-0.3, -0.25) is 0 Å². The van der Waals surface area contributed by atoms with E-state index in [9.17, 15) is 5.11 Å². The molecule has 1 fully saturated rings.